The Balaban J connectivity index is 1.63. The molecule has 0 fully saturated rings. The summed E-state index contributed by atoms with van der Waals surface area (Å²) in [5.74, 6) is -4.04. The summed E-state index contributed by atoms with van der Waals surface area (Å²) in [6, 6.07) is 7.13. The number of halogens is 5. The number of nitrogens with one attached hydrogen (secondary N) is 2. The van der Waals surface area contributed by atoms with E-state index in [1.165, 1.54) is 30.6 Å². The molecule has 5 aromatic rings. The summed E-state index contributed by atoms with van der Waals surface area (Å²) in [5, 5.41) is 14.3. The number of hydrogen-bond acceptors (Lipinski definition) is 9. The fraction of sp³-hybridized carbons (Fsp3) is 0.154. The number of pyridine rings is 1. The van der Waals surface area contributed by atoms with Gasteiger partial charge in [0.25, 0.3) is 6.43 Å². The Hall–Kier alpha value is -5.17. The highest BCUT2D eigenvalue weighted by molar-refractivity contribution is 7.22. The molecule has 0 spiro atoms. The average molecular weight is 601 g/mol. The van der Waals surface area contributed by atoms with Gasteiger partial charge in [-0.2, -0.15) is 10.2 Å². The normalized spacial score (nSPS) is 11.2. The Morgan fingerprint density at radius 1 is 1.05 bits per heavy atom. The lowest BCUT2D eigenvalue weighted by Crippen LogP contribution is -2.41. The van der Waals surface area contributed by atoms with Gasteiger partial charge in [0.2, 0.25) is 5.95 Å². The Morgan fingerprint density at radius 3 is 2.55 bits per heavy atom. The standard InChI is InChI=1S/C26H17F5N8O2S/c1-12-2-15(9-33-8-12)39-25(40)37-23(38(26(39)41)11-13-3-14(7-32)22(31)17(28)4-13)35-18-6-20-19(5-16(18)27)36-24(42-20)34-10-21(29)30/h2-6,8-9,21H,10-11H2,1H3,(H,34,36)(H,35,37,40). The summed E-state index contributed by atoms with van der Waals surface area (Å²) in [6.07, 6.45) is 0.107. The Kier molecular flexibility index (Phi) is 7.68. The molecule has 0 saturated carbocycles. The zero-order valence-electron chi connectivity index (χ0n) is 21.3. The third-order valence-corrected chi connectivity index (χ3v) is 6.85. The average Bonchev–Trinajstić information content (AvgIpc) is 3.33. The summed E-state index contributed by atoms with van der Waals surface area (Å²) >= 11 is 0.962. The smallest absolute Gasteiger partial charge is 0.356 e. The van der Waals surface area contributed by atoms with Gasteiger partial charge in [-0.15, -0.1) is 0 Å². The zero-order chi connectivity index (χ0) is 30.1. The molecule has 0 bridgehead atoms. The number of benzene rings is 2. The van der Waals surface area contributed by atoms with E-state index in [2.05, 4.69) is 25.6 Å². The molecule has 10 nitrogen and oxygen atoms in total. The maximum absolute atomic E-state index is 15.1. The summed E-state index contributed by atoms with van der Waals surface area (Å²) in [7, 11) is 0. The van der Waals surface area contributed by atoms with Gasteiger partial charge in [-0.25, -0.2) is 41.1 Å². The van der Waals surface area contributed by atoms with E-state index in [-0.39, 0.29) is 27.6 Å². The summed E-state index contributed by atoms with van der Waals surface area (Å²) in [6.45, 7) is 0.514. The number of nitriles is 1. The highest BCUT2D eigenvalue weighted by Crippen LogP contribution is 2.31. The molecule has 16 heteroatoms. The van der Waals surface area contributed by atoms with Crippen LogP contribution >= 0.6 is 11.3 Å². The van der Waals surface area contributed by atoms with Crippen molar-refractivity contribution in [3.63, 3.8) is 0 Å². The van der Waals surface area contributed by atoms with E-state index in [1.54, 1.807) is 6.92 Å². The van der Waals surface area contributed by atoms with Crippen molar-refractivity contribution in [2.75, 3.05) is 17.2 Å². The first-order chi connectivity index (χ1) is 20.0. The summed E-state index contributed by atoms with van der Waals surface area (Å²) in [5.41, 5.74) is -2.07. The van der Waals surface area contributed by atoms with Gasteiger partial charge in [-0.1, -0.05) is 11.3 Å². The van der Waals surface area contributed by atoms with Crippen molar-refractivity contribution in [2.24, 2.45) is 0 Å². The molecule has 42 heavy (non-hydrogen) atoms. The molecule has 2 aromatic carbocycles. The quantitative estimate of drug-likeness (QED) is 0.250. The molecule has 3 heterocycles. The molecule has 0 unspecified atom stereocenters. The zero-order valence-corrected chi connectivity index (χ0v) is 22.1. The number of alkyl halides is 2. The Morgan fingerprint density at radius 2 is 1.83 bits per heavy atom. The monoisotopic (exact) mass is 600 g/mol. The van der Waals surface area contributed by atoms with Gasteiger partial charge in [0.1, 0.15) is 11.9 Å². The van der Waals surface area contributed by atoms with E-state index in [9.17, 15) is 32.4 Å². The van der Waals surface area contributed by atoms with Crippen molar-refractivity contribution < 1.29 is 22.0 Å². The minimum Gasteiger partial charge on any atom is -0.356 e. The van der Waals surface area contributed by atoms with Crippen LogP contribution in [0.3, 0.4) is 0 Å². The summed E-state index contributed by atoms with van der Waals surface area (Å²) < 4.78 is 70.4. The lowest BCUT2D eigenvalue weighted by Gasteiger charge is -2.16. The van der Waals surface area contributed by atoms with Gasteiger partial charge < -0.3 is 10.6 Å². The van der Waals surface area contributed by atoms with Crippen molar-refractivity contribution in [3.05, 3.63) is 97.8 Å². The van der Waals surface area contributed by atoms with Crippen LogP contribution in [0.5, 0.6) is 0 Å². The SMILES string of the molecule is Cc1cncc(-n2c(=O)nc(Nc3cc4sc(NCC(F)F)nc4cc3F)n(Cc3cc(F)c(F)c(C#N)c3)c2=O)c1. The molecular formula is C26H17F5N8O2S. The third-order valence-electron chi connectivity index (χ3n) is 5.87. The number of anilines is 3. The molecule has 3 aromatic heterocycles. The Bertz CT molecular complexity index is 2000. The molecule has 0 aliphatic carbocycles. The maximum Gasteiger partial charge on any atom is 0.359 e. The van der Waals surface area contributed by atoms with Crippen LogP contribution in [0, 0.1) is 35.7 Å². The van der Waals surface area contributed by atoms with Crippen LogP contribution in [0.4, 0.5) is 38.7 Å². The number of nitrogens with zero attached hydrogens (tertiary/aromatic N) is 6. The minimum atomic E-state index is -2.63. The number of rotatable bonds is 8. The lowest BCUT2D eigenvalue weighted by atomic mass is 10.1. The van der Waals surface area contributed by atoms with Crippen molar-refractivity contribution in [3.8, 4) is 11.8 Å². The molecule has 0 aliphatic heterocycles. The van der Waals surface area contributed by atoms with Gasteiger partial charge in [0.15, 0.2) is 16.8 Å². The summed E-state index contributed by atoms with van der Waals surface area (Å²) in [4.78, 5) is 38.7. The molecule has 214 valence electrons. The first-order valence-electron chi connectivity index (χ1n) is 12.0. The highest BCUT2D eigenvalue weighted by Gasteiger charge is 2.20. The lowest BCUT2D eigenvalue weighted by molar-refractivity contribution is 0.163. The first kappa shape index (κ1) is 28.4. The fourth-order valence-corrected chi connectivity index (χ4v) is 4.91. The number of aromatic nitrogens is 5. The third kappa shape index (κ3) is 5.67. The van der Waals surface area contributed by atoms with Crippen LogP contribution in [0.2, 0.25) is 0 Å². The van der Waals surface area contributed by atoms with E-state index in [0.717, 1.165) is 34.1 Å². The second-order valence-electron chi connectivity index (χ2n) is 8.91. The second kappa shape index (κ2) is 11.4. The fourth-order valence-electron chi connectivity index (χ4n) is 4.02. The minimum absolute atomic E-state index is 0.0295. The molecule has 2 N–H and O–H groups in total. The van der Waals surface area contributed by atoms with Crippen molar-refractivity contribution >= 4 is 38.3 Å². The second-order valence-corrected chi connectivity index (χ2v) is 9.94. The molecule has 0 aliphatic rings. The van der Waals surface area contributed by atoms with Crippen LogP contribution in [0.15, 0.2) is 52.3 Å². The Labute approximate surface area is 236 Å². The van der Waals surface area contributed by atoms with Crippen LogP contribution in [-0.2, 0) is 6.54 Å². The first-order valence-corrected chi connectivity index (χ1v) is 12.8. The van der Waals surface area contributed by atoms with E-state index >= 15 is 4.39 Å². The van der Waals surface area contributed by atoms with Crippen LogP contribution in [0.1, 0.15) is 16.7 Å². The van der Waals surface area contributed by atoms with E-state index in [0.29, 0.717) is 14.8 Å². The van der Waals surface area contributed by atoms with Gasteiger partial charge in [0.05, 0.1) is 46.4 Å². The van der Waals surface area contributed by atoms with E-state index in [4.69, 9.17) is 0 Å². The van der Waals surface area contributed by atoms with Crippen molar-refractivity contribution in [2.45, 2.75) is 19.9 Å². The predicted octanol–water partition coefficient (Wildman–Crippen LogP) is 4.47. The van der Waals surface area contributed by atoms with Gasteiger partial charge >= 0.3 is 11.4 Å². The molecule has 0 atom stereocenters. The number of thiazole rings is 1. The molecule has 5 rings (SSSR count). The van der Waals surface area contributed by atoms with Gasteiger partial charge in [0, 0.05) is 12.3 Å². The molecule has 0 radical (unpaired) electrons. The molecule has 0 amide bonds. The van der Waals surface area contributed by atoms with Crippen LogP contribution in [0.25, 0.3) is 15.9 Å². The predicted molar refractivity (Wildman–Crippen MR) is 144 cm³/mol. The van der Waals surface area contributed by atoms with Crippen LogP contribution < -0.4 is 22.0 Å². The topological polar surface area (TPSA) is 131 Å². The number of fused-ring (bicyclic) bond motifs is 1. The number of aryl methyl sites for hydroxylation is 1. The highest BCUT2D eigenvalue weighted by atomic mass is 32.1. The van der Waals surface area contributed by atoms with Gasteiger partial charge in [-0.3, -0.25) is 9.55 Å². The van der Waals surface area contributed by atoms with Crippen molar-refractivity contribution in [1.82, 2.24) is 24.1 Å². The molecular weight excluding hydrogens is 583 g/mol. The molecule has 0 saturated heterocycles. The maximum atomic E-state index is 15.1. The van der Waals surface area contributed by atoms with Crippen molar-refractivity contribution in [1.29, 1.82) is 5.26 Å². The number of hydrogen-bond donors (Lipinski definition) is 2. The van der Waals surface area contributed by atoms with Crippen LogP contribution in [-0.4, -0.2) is 37.1 Å². The van der Waals surface area contributed by atoms with Gasteiger partial charge in [-0.05, 0) is 42.3 Å². The largest absolute Gasteiger partial charge is 0.359 e. The van der Waals surface area contributed by atoms with E-state index in [1.807, 2.05) is 0 Å². The van der Waals surface area contributed by atoms with E-state index < -0.39 is 59.9 Å².